The Balaban J connectivity index is 1.97. The first-order valence-corrected chi connectivity index (χ1v) is 6.09. The predicted molar refractivity (Wildman–Crippen MR) is 66.9 cm³/mol. The third-order valence-corrected chi connectivity index (χ3v) is 3.39. The number of aromatic nitrogens is 1. The topological polar surface area (TPSA) is 62.3 Å². The van der Waals surface area contributed by atoms with Crippen LogP contribution in [0.15, 0.2) is 18.5 Å². The van der Waals surface area contributed by atoms with E-state index >= 15 is 0 Å². The van der Waals surface area contributed by atoms with E-state index in [1.807, 2.05) is 0 Å². The Hall–Kier alpha value is -1.46. The number of nitrogens with zero attached hydrogens (tertiary/aromatic N) is 2. The molecule has 0 saturated carbocycles. The zero-order chi connectivity index (χ0) is 13.1. The molecule has 2 rings (SSSR count). The molecule has 96 valence electrons. The van der Waals surface area contributed by atoms with E-state index in [0.29, 0.717) is 24.4 Å². The normalized spacial score (nSPS) is 20.3. The van der Waals surface area contributed by atoms with Crippen LogP contribution in [0, 0.1) is 0 Å². The van der Waals surface area contributed by atoms with Gasteiger partial charge in [0, 0.05) is 32.4 Å². The molecule has 1 aliphatic rings. The molecule has 5 nitrogen and oxygen atoms in total. The monoisotopic (exact) mass is 267 g/mol. The second kappa shape index (κ2) is 5.46. The van der Waals surface area contributed by atoms with Crippen molar-refractivity contribution in [2.45, 2.75) is 25.4 Å². The lowest BCUT2D eigenvalue weighted by molar-refractivity contribution is -0.148. The zero-order valence-electron chi connectivity index (χ0n) is 10.0. The average molecular weight is 268 g/mol. The van der Waals surface area contributed by atoms with Crippen LogP contribution in [0.5, 0.6) is 0 Å². The predicted octanol–water partition coefficient (Wildman–Crippen LogP) is 0.972. The molecule has 0 aromatic carbocycles. The Kier molecular flexibility index (Phi) is 3.93. The largest absolute Gasteiger partial charge is 0.302 e. The number of halogens is 1. The molecule has 1 aromatic rings. The van der Waals surface area contributed by atoms with Gasteiger partial charge in [-0.3, -0.25) is 19.5 Å². The summed E-state index contributed by atoms with van der Waals surface area (Å²) in [7, 11) is 1.51. The summed E-state index contributed by atoms with van der Waals surface area (Å²) in [6.07, 6.45) is 4.15. The lowest BCUT2D eigenvalue weighted by Crippen LogP contribution is -2.51. The van der Waals surface area contributed by atoms with Crippen LogP contribution in [0.25, 0.3) is 0 Å². The fourth-order valence-corrected chi connectivity index (χ4v) is 2.07. The molecule has 1 saturated heterocycles. The van der Waals surface area contributed by atoms with Gasteiger partial charge in [0.1, 0.15) is 0 Å². The second-order valence-corrected chi connectivity index (χ2v) is 4.64. The fourth-order valence-electron chi connectivity index (χ4n) is 1.89. The van der Waals surface area contributed by atoms with Crippen LogP contribution >= 0.6 is 11.6 Å². The average Bonchev–Trinajstić information content (AvgIpc) is 2.37. The molecule has 1 atom stereocenters. The highest BCUT2D eigenvalue weighted by Crippen LogP contribution is 2.15. The van der Waals surface area contributed by atoms with Crippen LogP contribution < -0.4 is 5.32 Å². The van der Waals surface area contributed by atoms with Gasteiger partial charge in [-0.1, -0.05) is 11.6 Å². The summed E-state index contributed by atoms with van der Waals surface area (Å²) in [5.41, 5.74) is 0.888. The minimum Gasteiger partial charge on any atom is -0.302 e. The molecule has 1 unspecified atom stereocenters. The SMILES string of the molecule is CN1C(=O)CCC(NCc2ccncc2Cl)C1=O. The lowest BCUT2D eigenvalue weighted by atomic mass is 10.0. The number of carbonyl (C=O) groups is 2. The quantitative estimate of drug-likeness (QED) is 0.829. The van der Waals surface area contributed by atoms with Gasteiger partial charge < -0.3 is 5.32 Å². The maximum absolute atomic E-state index is 11.8. The molecule has 1 aromatic heterocycles. The van der Waals surface area contributed by atoms with Gasteiger partial charge in [0.2, 0.25) is 11.8 Å². The van der Waals surface area contributed by atoms with Gasteiger partial charge in [0.25, 0.3) is 0 Å². The number of pyridine rings is 1. The summed E-state index contributed by atoms with van der Waals surface area (Å²) in [6.45, 7) is 0.486. The van der Waals surface area contributed by atoms with Gasteiger partial charge in [0.05, 0.1) is 11.1 Å². The van der Waals surface area contributed by atoms with E-state index in [-0.39, 0.29) is 17.9 Å². The highest BCUT2D eigenvalue weighted by Gasteiger charge is 2.31. The Morgan fingerprint density at radius 3 is 3.06 bits per heavy atom. The third-order valence-electron chi connectivity index (χ3n) is 3.04. The van der Waals surface area contributed by atoms with Crippen molar-refractivity contribution < 1.29 is 9.59 Å². The number of likely N-dealkylation sites (tertiary alicyclic amines) is 1. The molecule has 1 fully saturated rings. The molecule has 1 N–H and O–H groups in total. The van der Waals surface area contributed by atoms with Gasteiger partial charge in [-0.25, -0.2) is 0 Å². The van der Waals surface area contributed by atoms with Crippen molar-refractivity contribution in [1.29, 1.82) is 0 Å². The molecule has 1 aliphatic heterocycles. The minimum atomic E-state index is -0.322. The van der Waals surface area contributed by atoms with Crippen molar-refractivity contribution in [2.24, 2.45) is 0 Å². The van der Waals surface area contributed by atoms with Gasteiger partial charge in [-0.2, -0.15) is 0 Å². The van der Waals surface area contributed by atoms with Crippen LogP contribution in [0.1, 0.15) is 18.4 Å². The van der Waals surface area contributed by atoms with Crippen molar-refractivity contribution in [1.82, 2.24) is 15.2 Å². The van der Waals surface area contributed by atoms with E-state index in [0.717, 1.165) is 5.56 Å². The number of hydrogen-bond acceptors (Lipinski definition) is 4. The molecule has 18 heavy (non-hydrogen) atoms. The number of nitrogens with one attached hydrogen (secondary N) is 1. The zero-order valence-corrected chi connectivity index (χ0v) is 10.8. The number of rotatable bonds is 3. The van der Waals surface area contributed by atoms with Crippen LogP contribution in [0.4, 0.5) is 0 Å². The number of likely N-dealkylation sites (N-methyl/N-ethyl adjacent to an activating group) is 1. The smallest absolute Gasteiger partial charge is 0.246 e. The van der Waals surface area contributed by atoms with Crippen molar-refractivity contribution in [3.8, 4) is 0 Å². The highest BCUT2D eigenvalue weighted by atomic mass is 35.5. The molecule has 0 spiro atoms. The Morgan fingerprint density at radius 2 is 2.33 bits per heavy atom. The summed E-state index contributed by atoms with van der Waals surface area (Å²) in [5, 5.41) is 3.69. The molecule has 2 heterocycles. The maximum atomic E-state index is 11.8. The van der Waals surface area contributed by atoms with Gasteiger partial charge in [0.15, 0.2) is 0 Å². The molecule has 0 bridgehead atoms. The van der Waals surface area contributed by atoms with E-state index in [9.17, 15) is 9.59 Å². The second-order valence-electron chi connectivity index (χ2n) is 4.23. The summed E-state index contributed by atoms with van der Waals surface area (Å²) < 4.78 is 0. The number of hydrogen-bond donors (Lipinski definition) is 1. The number of imide groups is 1. The summed E-state index contributed by atoms with van der Waals surface area (Å²) in [4.78, 5) is 28.2. The first kappa shape index (κ1) is 13.0. The minimum absolute atomic E-state index is 0.125. The van der Waals surface area contributed by atoms with Crippen molar-refractivity contribution in [2.75, 3.05) is 7.05 Å². The summed E-state index contributed by atoms with van der Waals surface area (Å²) >= 11 is 5.98. The standard InChI is InChI=1S/C12H14ClN3O2/c1-16-11(17)3-2-10(12(16)18)15-6-8-4-5-14-7-9(8)13/h4-5,7,10,15H,2-3,6H2,1H3. The van der Waals surface area contributed by atoms with E-state index in [1.165, 1.54) is 11.9 Å². The Labute approximate surface area is 110 Å². The summed E-state index contributed by atoms with van der Waals surface area (Å²) in [5.74, 6) is -0.309. The Bertz CT molecular complexity index is 478. The van der Waals surface area contributed by atoms with Gasteiger partial charge in [-0.05, 0) is 18.1 Å². The number of piperidine rings is 1. The van der Waals surface area contributed by atoms with E-state index < -0.39 is 0 Å². The molecule has 2 amide bonds. The van der Waals surface area contributed by atoms with Crippen LogP contribution in [0.3, 0.4) is 0 Å². The fraction of sp³-hybridized carbons (Fsp3) is 0.417. The molecule has 0 aliphatic carbocycles. The molecular formula is C12H14ClN3O2. The van der Waals surface area contributed by atoms with Crippen molar-refractivity contribution in [3.05, 3.63) is 29.0 Å². The van der Waals surface area contributed by atoms with Crippen molar-refractivity contribution >= 4 is 23.4 Å². The molecule has 6 heteroatoms. The van der Waals surface area contributed by atoms with E-state index in [4.69, 9.17) is 11.6 Å². The maximum Gasteiger partial charge on any atom is 0.246 e. The molecular weight excluding hydrogens is 254 g/mol. The van der Waals surface area contributed by atoms with Crippen LogP contribution in [-0.4, -0.2) is 34.8 Å². The first-order valence-electron chi connectivity index (χ1n) is 5.71. The van der Waals surface area contributed by atoms with Crippen molar-refractivity contribution in [3.63, 3.8) is 0 Å². The van der Waals surface area contributed by atoms with Gasteiger partial charge in [-0.15, -0.1) is 0 Å². The molecule has 0 radical (unpaired) electrons. The number of carbonyl (C=O) groups excluding carboxylic acids is 2. The van der Waals surface area contributed by atoms with E-state index in [1.54, 1.807) is 18.5 Å². The van der Waals surface area contributed by atoms with E-state index in [2.05, 4.69) is 10.3 Å². The number of amides is 2. The lowest BCUT2D eigenvalue weighted by Gasteiger charge is -2.28. The highest BCUT2D eigenvalue weighted by molar-refractivity contribution is 6.31. The Morgan fingerprint density at radius 1 is 1.56 bits per heavy atom. The van der Waals surface area contributed by atoms with Gasteiger partial charge >= 0.3 is 0 Å². The first-order chi connectivity index (χ1) is 8.59. The van der Waals surface area contributed by atoms with Crippen LogP contribution in [-0.2, 0) is 16.1 Å². The third kappa shape index (κ3) is 2.68. The summed E-state index contributed by atoms with van der Waals surface area (Å²) in [6, 6.07) is 1.48. The van der Waals surface area contributed by atoms with Crippen LogP contribution in [0.2, 0.25) is 5.02 Å².